The molecular weight excluding hydrogens is 336 g/mol. The summed E-state index contributed by atoms with van der Waals surface area (Å²) < 4.78 is 28.7. The second-order valence-corrected chi connectivity index (χ2v) is 5.84. The van der Waals surface area contributed by atoms with Crippen LogP contribution in [-0.2, 0) is 0 Å². The van der Waals surface area contributed by atoms with E-state index < -0.39 is 11.6 Å². The van der Waals surface area contributed by atoms with Crippen LogP contribution in [0.25, 0.3) is 0 Å². The number of benzene rings is 2. The Labute approximate surface area is 132 Å². The Bertz CT molecular complexity index is 577. The molecule has 1 unspecified atom stereocenters. The van der Waals surface area contributed by atoms with Gasteiger partial charge in [-0.25, -0.2) is 8.78 Å². The van der Waals surface area contributed by atoms with E-state index in [0.29, 0.717) is 5.56 Å². The Morgan fingerprint density at radius 1 is 1.10 bits per heavy atom. The third-order valence-corrected chi connectivity index (χ3v) is 4.37. The summed E-state index contributed by atoms with van der Waals surface area (Å²) in [4.78, 5) is 0. The van der Waals surface area contributed by atoms with Gasteiger partial charge in [0.15, 0.2) is 11.6 Å². The summed E-state index contributed by atoms with van der Waals surface area (Å²) in [5, 5.41) is 3.31. The highest BCUT2D eigenvalue weighted by Gasteiger charge is 2.21. The molecular formula is C17H18BrF2N. The summed E-state index contributed by atoms with van der Waals surface area (Å²) in [6.07, 6.45) is 0.917. The molecule has 0 aliphatic carbocycles. The molecule has 0 aromatic heterocycles. The van der Waals surface area contributed by atoms with E-state index >= 15 is 0 Å². The molecule has 4 heteroatoms. The van der Waals surface area contributed by atoms with Crippen LogP contribution in [0, 0.1) is 18.6 Å². The van der Waals surface area contributed by atoms with Gasteiger partial charge in [-0.1, -0.05) is 47.1 Å². The van der Waals surface area contributed by atoms with Gasteiger partial charge < -0.3 is 5.32 Å². The van der Waals surface area contributed by atoms with E-state index in [1.54, 1.807) is 12.1 Å². The fourth-order valence-electron chi connectivity index (χ4n) is 2.36. The molecule has 21 heavy (non-hydrogen) atoms. The van der Waals surface area contributed by atoms with Crippen molar-refractivity contribution in [3.05, 3.63) is 69.2 Å². The van der Waals surface area contributed by atoms with E-state index in [9.17, 15) is 8.78 Å². The molecule has 0 fully saturated rings. The molecule has 0 heterocycles. The normalized spacial score (nSPS) is 12.4. The van der Waals surface area contributed by atoms with Crippen molar-refractivity contribution in [1.82, 2.24) is 5.32 Å². The first-order chi connectivity index (χ1) is 10.1. The van der Waals surface area contributed by atoms with Crippen molar-refractivity contribution >= 4 is 15.9 Å². The molecule has 1 N–H and O–H groups in total. The average molecular weight is 354 g/mol. The van der Waals surface area contributed by atoms with E-state index in [1.165, 1.54) is 0 Å². The number of halogens is 3. The van der Waals surface area contributed by atoms with Crippen LogP contribution >= 0.6 is 15.9 Å². The molecule has 0 amide bonds. The zero-order valence-electron chi connectivity index (χ0n) is 12.1. The molecule has 0 saturated heterocycles. The van der Waals surface area contributed by atoms with Gasteiger partial charge in [0.25, 0.3) is 0 Å². The number of hydrogen-bond donors (Lipinski definition) is 1. The SMILES string of the molecule is CCCNC(c1cccc(Br)c1C)c1cccc(F)c1F. The molecule has 0 saturated carbocycles. The summed E-state index contributed by atoms with van der Waals surface area (Å²) >= 11 is 3.49. The van der Waals surface area contributed by atoms with E-state index in [-0.39, 0.29) is 6.04 Å². The number of nitrogens with one attached hydrogen (secondary N) is 1. The van der Waals surface area contributed by atoms with E-state index in [0.717, 1.165) is 34.6 Å². The van der Waals surface area contributed by atoms with Gasteiger partial charge in [-0.05, 0) is 43.1 Å². The molecule has 1 nitrogen and oxygen atoms in total. The Hall–Kier alpha value is -1.26. The Morgan fingerprint density at radius 3 is 2.48 bits per heavy atom. The van der Waals surface area contributed by atoms with Crippen LogP contribution in [0.1, 0.15) is 36.1 Å². The van der Waals surface area contributed by atoms with Crippen molar-refractivity contribution in [2.75, 3.05) is 6.54 Å². The predicted molar refractivity (Wildman–Crippen MR) is 85.4 cm³/mol. The summed E-state index contributed by atoms with van der Waals surface area (Å²) in [6, 6.07) is 9.75. The molecule has 0 bridgehead atoms. The van der Waals surface area contributed by atoms with Crippen LogP contribution in [0.4, 0.5) is 8.78 Å². The van der Waals surface area contributed by atoms with Gasteiger partial charge in [0.05, 0.1) is 6.04 Å². The Balaban J connectivity index is 2.52. The minimum atomic E-state index is -0.816. The van der Waals surface area contributed by atoms with Crippen LogP contribution in [0.15, 0.2) is 40.9 Å². The highest BCUT2D eigenvalue weighted by molar-refractivity contribution is 9.10. The van der Waals surface area contributed by atoms with Crippen LogP contribution in [0.2, 0.25) is 0 Å². The van der Waals surface area contributed by atoms with Crippen LogP contribution < -0.4 is 5.32 Å². The van der Waals surface area contributed by atoms with Crippen molar-refractivity contribution in [3.63, 3.8) is 0 Å². The monoisotopic (exact) mass is 353 g/mol. The second-order valence-electron chi connectivity index (χ2n) is 4.98. The first-order valence-electron chi connectivity index (χ1n) is 6.98. The summed E-state index contributed by atoms with van der Waals surface area (Å²) in [5.74, 6) is -1.60. The lowest BCUT2D eigenvalue weighted by Gasteiger charge is -2.22. The summed E-state index contributed by atoms with van der Waals surface area (Å²) in [5.41, 5.74) is 2.31. The molecule has 0 aliphatic rings. The topological polar surface area (TPSA) is 12.0 Å². The van der Waals surface area contributed by atoms with E-state index in [1.807, 2.05) is 32.0 Å². The van der Waals surface area contributed by atoms with Crippen molar-refractivity contribution < 1.29 is 8.78 Å². The molecule has 0 aliphatic heterocycles. The Morgan fingerprint density at radius 2 is 1.76 bits per heavy atom. The third kappa shape index (κ3) is 3.50. The van der Waals surface area contributed by atoms with Crippen LogP contribution in [-0.4, -0.2) is 6.54 Å². The minimum Gasteiger partial charge on any atom is -0.306 e. The molecule has 2 aromatic carbocycles. The van der Waals surface area contributed by atoms with Crippen LogP contribution in [0.3, 0.4) is 0 Å². The lowest BCUT2D eigenvalue weighted by Crippen LogP contribution is -2.25. The highest BCUT2D eigenvalue weighted by atomic mass is 79.9. The quantitative estimate of drug-likeness (QED) is 0.785. The molecule has 0 spiro atoms. The third-order valence-electron chi connectivity index (χ3n) is 3.51. The van der Waals surface area contributed by atoms with Gasteiger partial charge in [0.1, 0.15) is 0 Å². The van der Waals surface area contributed by atoms with Crippen molar-refractivity contribution in [2.24, 2.45) is 0 Å². The van der Waals surface area contributed by atoms with Gasteiger partial charge in [0.2, 0.25) is 0 Å². The average Bonchev–Trinajstić information content (AvgIpc) is 2.47. The number of rotatable bonds is 5. The summed E-state index contributed by atoms with van der Waals surface area (Å²) in [6.45, 7) is 4.74. The van der Waals surface area contributed by atoms with Gasteiger partial charge in [-0.3, -0.25) is 0 Å². The standard InChI is InChI=1S/C17H18BrF2N/c1-3-10-21-17(12-6-4-8-14(18)11(12)2)13-7-5-9-15(19)16(13)20/h4-9,17,21H,3,10H2,1-2H3. The van der Waals surface area contributed by atoms with Crippen molar-refractivity contribution in [1.29, 1.82) is 0 Å². The lowest BCUT2D eigenvalue weighted by molar-refractivity contribution is 0.480. The maximum Gasteiger partial charge on any atom is 0.163 e. The molecule has 2 aromatic rings. The smallest absolute Gasteiger partial charge is 0.163 e. The maximum absolute atomic E-state index is 14.2. The fourth-order valence-corrected chi connectivity index (χ4v) is 2.74. The molecule has 2 rings (SSSR count). The summed E-state index contributed by atoms with van der Waals surface area (Å²) in [7, 11) is 0. The minimum absolute atomic E-state index is 0.338. The van der Waals surface area contributed by atoms with Crippen molar-refractivity contribution in [2.45, 2.75) is 26.3 Å². The van der Waals surface area contributed by atoms with Gasteiger partial charge >= 0.3 is 0 Å². The predicted octanol–water partition coefficient (Wildman–Crippen LogP) is 5.12. The zero-order valence-corrected chi connectivity index (χ0v) is 13.7. The fraction of sp³-hybridized carbons (Fsp3) is 0.294. The van der Waals surface area contributed by atoms with E-state index in [2.05, 4.69) is 21.2 Å². The number of hydrogen-bond acceptors (Lipinski definition) is 1. The van der Waals surface area contributed by atoms with Gasteiger partial charge in [0, 0.05) is 10.0 Å². The van der Waals surface area contributed by atoms with Crippen LogP contribution in [0.5, 0.6) is 0 Å². The first kappa shape index (κ1) is 16.1. The second kappa shape index (κ2) is 7.14. The van der Waals surface area contributed by atoms with Gasteiger partial charge in [-0.15, -0.1) is 0 Å². The highest BCUT2D eigenvalue weighted by Crippen LogP contribution is 2.31. The molecule has 1 atom stereocenters. The lowest BCUT2D eigenvalue weighted by atomic mass is 9.94. The Kier molecular flexibility index (Phi) is 5.48. The van der Waals surface area contributed by atoms with Crippen molar-refractivity contribution in [3.8, 4) is 0 Å². The molecule has 112 valence electrons. The first-order valence-corrected chi connectivity index (χ1v) is 7.77. The molecule has 0 radical (unpaired) electrons. The van der Waals surface area contributed by atoms with E-state index in [4.69, 9.17) is 0 Å². The van der Waals surface area contributed by atoms with Gasteiger partial charge in [-0.2, -0.15) is 0 Å². The largest absolute Gasteiger partial charge is 0.306 e. The zero-order chi connectivity index (χ0) is 15.4. The maximum atomic E-state index is 14.2.